The van der Waals surface area contributed by atoms with Crippen molar-refractivity contribution in [2.75, 3.05) is 25.0 Å². The van der Waals surface area contributed by atoms with E-state index in [0.29, 0.717) is 10.9 Å². The molecule has 1 fully saturated rings. The third kappa shape index (κ3) is 5.04. The Morgan fingerprint density at radius 2 is 2.09 bits per heavy atom. The highest BCUT2D eigenvalue weighted by Gasteiger charge is 2.22. The number of carbonyl (C=O) groups is 1. The van der Waals surface area contributed by atoms with Gasteiger partial charge in [-0.1, -0.05) is 29.8 Å². The zero-order chi connectivity index (χ0) is 23.5. The topological polar surface area (TPSA) is 62.5 Å². The average molecular weight is 557 g/mol. The lowest BCUT2D eigenvalue weighted by Crippen LogP contribution is -2.39. The first-order valence-electron chi connectivity index (χ1n) is 11.1. The van der Waals surface area contributed by atoms with Gasteiger partial charge in [-0.3, -0.25) is 4.79 Å². The SMILES string of the molecule is O=C(C=Cc1ccsc1)N1CCC(CNc2cc(-c3ccccc3Cl)nc3c(Br)cnn23)CC1. The molecule has 4 heterocycles. The first-order chi connectivity index (χ1) is 16.6. The minimum atomic E-state index is 0.0826. The van der Waals surface area contributed by atoms with Crippen molar-refractivity contribution in [2.24, 2.45) is 5.92 Å². The standard InChI is InChI=1S/C25H23BrClN5OS/c26-20-15-29-32-23(13-22(30-25(20)32)19-3-1-2-4-21(19)27)28-14-17-7-10-31(11-8-17)24(33)6-5-18-9-12-34-16-18/h1-6,9,12-13,15-17,28H,7-8,10-11,14H2. The Morgan fingerprint density at radius 3 is 2.85 bits per heavy atom. The number of amides is 1. The Kier molecular flexibility index (Phi) is 6.99. The van der Waals surface area contributed by atoms with Crippen molar-refractivity contribution >= 4 is 62.3 Å². The molecule has 174 valence electrons. The second-order valence-electron chi connectivity index (χ2n) is 8.27. The van der Waals surface area contributed by atoms with Crippen LogP contribution < -0.4 is 5.32 Å². The molecule has 1 aliphatic rings. The normalized spacial score (nSPS) is 14.8. The van der Waals surface area contributed by atoms with E-state index in [9.17, 15) is 4.79 Å². The molecule has 3 aromatic heterocycles. The molecule has 1 N–H and O–H groups in total. The van der Waals surface area contributed by atoms with Gasteiger partial charge in [-0.25, -0.2) is 4.98 Å². The quantitative estimate of drug-likeness (QED) is 0.286. The van der Waals surface area contributed by atoms with Crippen molar-refractivity contribution in [1.29, 1.82) is 0 Å². The molecule has 34 heavy (non-hydrogen) atoms. The maximum absolute atomic E-state index is 12.5. The molecular weight excluding hydrogens is 534 g/mol. The molecular formula is C25H23BrClN5OS. The van der Waals surface area contributed by atoms with E-state index in [1.807, 2.05) is 58.1 Å². The molecule has 0 bridgehead atoms. The van der Waals surface area contributed by atoms with Gasteiger partial charge in [-0.2, -0.15) is 21.0 Å². The Labute approximate surface area is 215 Å². The number of rotatable bonds is 6. The molecule has 0 atom stereocenters. The van der Waals surface area contributed by atoms with Crippen LogP contribution in [0.5, 0.6) is 0 Å². The van der Waals surface area contributed by atoms with Crippen LogP contribution in [0.1, 0.15) is 18.4 Å². The Bertz CT molecular complexity index is 1330. The number of carbonyl (C=O) groups excluding carboxylic acids is 1. The van der Waals surface area contributed by atoms with E-state index < -0.39 is 0 Å². The van der Waals surface area contributed by atoms with E-state index in [-0.39, 0.29) is 5.91 Å². The monoisotopic (exact) mass is 555 g/mol. The largest absolute Gasteiger partial charge is 0.370 e. The van der Waals surface area contributed by atoms with Crippen LogP contribution in [0.15, 0.2) is 63.9 Å². The van der Waals surface area contributed by atoms with E-state index in [2.05, 4.69) is 26.3 Å². The fourth-order valence-corrected chi connectivity index (χ4v) is 5.33. The molecule has 4 aromatic rings. The summed E-state index contributed by atoms with van der Waals surface area (Å²) in [6.07, 6.45) is 7.23. The van der Waals surface area contributed by atoms with E-state index in [1.54, 1.807) is 28.1 Å². The summed E-state index contributed by atoms with van der Waals surface area (Å²) in [6, 6.07) is 11.7. The Morgan fingerprint density at radius 1 is 1.26 bits per heavy atom. The number of hydrogen-bond donors (Lipinski definition) is 1. The summed E-state index contributed by atoms with van der Waals surface area (Å²) < 4.78 is 2.63. The van der Waals surface area contributed by atoms with E-state index in [1.165, 1.54) is 0 Å². The zero-order valence-corrected chi connectivity index (χ0v) is 21.5. The van der Waals surface area contributed by atoms with Crippen LogP contribution in [0.2, 0.25) is 5.02 Å². The molecule has 0 unspecified atom stereocenters. The van der Waals surface area contributed by atoms with Crippen molar-refractivity contribution in [3.05, 3.63) is 74.5 Å². The lowest BCUT2D eigenvalue weighted by atomic mass is 9.96. The number of thiophene rings is 1. The second kappa shape index (κ2) is 10.3. The average Bonchev–Trinajstić information content (AvgIpc) is 3.52. The number of likely N-dealkylation sites (tertiary alicyclic amines) is 1. The van der Waals surface area contributed by atoms with Crippen LogP contribution in [-0.4, -0.2) is 45.0 Å². The summed E-state index contributed by atoms with van der Waals surface area (Å²) in [6.45, 7) is 2.33. The minimum Gasteiger partial charge on any atom is -0.370 e. The first kappa shape index (κ1) is 23.1. The smallest absolute Gasteiger partial charge is 0.246 e. The van der Waals surface area contributed by atoms with E-state index >= 15 is 0 Å². The summed E-state index contributed by atoms with van der Waals surface area (Å²) in [7, 11) is 0. The number of fused-ring (bicyclic) bond motifs is 1. The number of benzene rings is 1. The lowest BCUT2D eigenvalue weighted by Gasteiger charge is -2.31. The van der Waals surface area contributed by atoms with Crippen LogP contribution in [0.25, 0.3) is 23.0 Å². The number of hydrogen-bond acceptors (Lipinski definition) is 5. The van der Waals surface area contributed by atoms with Gasteiger partial charge in [0.25, 0.3) is 0 Å². The second-order valence-corrected chi connectivity index (χ2v) is 10.3. The highest BCUT2D eigenvalue weighted by Crippen LogP contribution is 2.30. The predicted molar refractivity (Wildman–Crippen MR) is 142 cm³/mol. The lowest BCUT2D eigenvalue weighted by molar-refractivity contribution is -0.127. The van der Waals surface area contributed by atoms with Crippen LogP contribution in [0.3, 0.4) is 0 Å². The van der Waals surface area contributed by atoms with Crippen molar-refractivity contribution in [1.82, 2.24) is 19.5 Å². The molecule has 0 saturated carbocycles. The maximum Gasteiger partial charge on any atom is 0.246 e. The van der Waals surface area contributed by atoms with Crippen molar-refractivity contribution in [2.45, 2.75) is 12.8 Å². The summed E-state index contributed by atoms with van der Waals surface area (Å²) in [5.74, 6) is 1.41. The van der Waals surface area contributed by atoms with Gasteiger partial charge in [0.2, 0.25) is 5.91 Å². The highest BCUT2D eigenvalue weighted by molar-refractivity contribution is 9.10. The van der Waals surface area contributed by atoms with Gasteiger partial charge in [0, 0.05) is 42.4 Å². The summed E-state index contributed by atoms with van der Waals surface area (Å²) >= 11 is 11.6. The molecule has 1 aliphatic heterocycles. The first-order valence-corrected chi connectivity index (χ1v) is 13.2. The molecule has 6 nitrogen and oxygen atoms in total. The minimum absolute atomic E-state index is 0.0826. The summed E-state index contributed by atoms with van der Waals surface area (Å²) in [5, 5.41) is 12.7. The molecule has 0 radical (unpaired) electrons. The van der Waals surface area contributed by atoms with Crippen molar-refractivity contribution in [3.8, 4) is 11.3 Å². The van der Waals surface area contributed by atoms with Crippen LogP contribution in [0.4, 0.5) is 5.82 Å². The van der Waals surface area contributed by atoms with E-state index in [0.717, 1.165) is 65.2 Å². The van der Waals surface area contributed by atoms with Gasteiger partial charge in [0.15, 0.2) is 5.65 Å². The maximum atomic E-state index is 12.5. The van der Waals surface area contributed by atoms with Gasteiger partial charge in [-0.15, -0.1) is 0 Å². The van der Waals surface area contributed by atoms with Crippen LogP contribution in [0, 0.1) is 5.92 Å². The van der Waals surface area contributed by atoms with E-state index in [4.69, 9.17) is 16.6 Å². The van der Waals surface area contributed by atoms with Gasteiger partial charge < -0.3 is 10.2 Å². The molecule has 5 rings (SSSR count). The van der Waals surface area contributed by atoms with Gasteiger partial charge in [0.05, 0.1) is 16.4 Å². The van der Waals surface area contributed by atoms with Crippen molar-refractivity contribution in [3.63, 3.8) is 0 Å². The third-order valence-electron chi connectivity index (χ3n) is 6.04. The highest BCUT2D eigenvalue weighted by atomic mass is 79.9. The number of halogens is 2. The molecule has 1 saturated heterocycles. The number of nitrogens with zero attached hydrogens (tertiary/aromatic N) is 4. The summed E-state index contributed by atoms with van der Waals surface area (Å²) in [4.78, 5) is 19.2. The number of anilines is 1. The fourth-order valence-electron chi connectivity index (χ4n) is 4.12. The number of piperidine rings is 1. The fraction of sp³-hybridized carbons (Fsp3) is 0.240. The molecule has 1 amide bonds. The van der Waals surface area contributed by atoms with Crippen LogP contribution >= 0.6 is 38.9 Å². The van der Waals surface area contributed by atoms with Crippen LogP contribution in [-0.2, 0) is 4.79 Å². The Hall–Kier alpha value is -2.68. The number of aromatic nitrogens is 3. The molecule has 9 heteroatoms. The van der Waals surface area contributed by atoms with Gasteiger partial charge in [-0.05, 0) is 69.2 Å². The molecule has 0 aliphatic carbocycles. The predicted octanol–water partition coefficient (Wildman–Crippen LogP) is 6.24. The molecule has 1 aromatic carbocycles. The molecule has 0 spiro atoms. The number of nitrogens with one attached hydrogen (secondary N) is 1. The Balaban J connectivity index is 1.25. The summed E-state index contributed by atoms with van der Waals surface area (Å²) in [5.41, 5.74) is 3.48. The van der Waals surface area contributed by atoms with Gasteiger partial charge in [0.1, 0.15) is 5.82 Å². The van der Waals surface area contributed by atoms with Gasteiger partial charge >= 0.3 is 0 Å². The zero-order valence-electron chi connectivity index (χ0n) is 18.3. The third-order valence-corrected chi connectivity index (χ3v) is 7.63. The van der Waals surface area contributed by atoms with Crippen molar-refractivity contribution < 1.29 is 4.79 Å².